The molecule has 94 valence electrons. The van der Waals surface area contributed by atoms with Crippen molar-refractivity contribution < 1.29 is 4.74 Å². The quantitative estimate of drug-likeness (QED) is 0.411. The van der Waals surface area contributed by atoms with Gasteiger partial charge in [0.1, 0.15) is 5.75 Å². The maximum absolute atomic E-state index is 5.68. The standard InChI is InChI=1S/C14H22N2O/c1-4-5-6-10-17-14-9-7-8-13(11-14)12-15-16(2)3/h7-9,11-12H,4-6,10H2,1-3H3/b15-12+. The van der Waals surface area contributed by atoms with Crippen LogP contribution in [0, 0.1) is 0 Å². The van der Waals surface area contributed by atoms with Crippen LogP contribution < -0.4 is 4.74 Å². The second kappa shape index (κ2) is 7.71. The Balaban J connectivity index is 2.48. The van der Waals surface area contributed by atoms with Crippen molar-refractivity contribution in [3.63, 3.8) is 0 Å². The summed E-state index contributed by atoms with van der Waals surface area (Å²) in [5.41, 5.74) is 1.06. The van der Waals surface area contributed by atoms with Crippen LogP contribution in [0.15, 0.2) is 29.4 Å². The van der Waals surface area contributed by atoms with E-state index in [1.807, 2.05) is 44.6 Å². The lowest BCUT2D eigenvalue weighted by atomic mass is 10.2. The van der Waals surface area contributed by atoms with Gasteiger partial charge in [-0.15, -0.1) is 0 Å². The summed E-state index contributed by atoms with van der Waals surface area (Å²) in [4.78, 5) is 0. The molecule has 0 aliphatic rings. The summed E-state index contributed by atoms with van der Waals surface area (Å²) < 4.78 is 5.68. The Hall–Kier alpha value is -1.51. The van der Waals surface area contributed by atoms with Crippen LogP contribution in [0.1, 0.15) is 31.7 Å². The van der Waals surface area contributed by atoms with E-state index in [1.165, 1.54) is 12.8 Å². The third kappa shape index (κ3) is 5.95. The Morgan fingerprint density at radius 1 is 1.29 bits per heavy atom. The molecule has 0 radical (unpaired) electrons. The van der Waals surface area contributed by atoms with Crippen LogP contribution in [0.25, 0.3) is 0 Å². The molecule has 0 saturated heterocycles. The molecule has 3 heteroatoms. The number of hydrogen-bond donors (Lipinski definition) is 0. The first kappa shape index (κ1) is 13.6. The van der Waals surface area contributed by atoms with Crippen molar-refractivity contribution in [3.8, 4) is 5.75 Å². The zero-order chi connectivity index (χ0) is 12.5. The van der Waals surface area contributed by atoms with Crippen LogP contribution in [0.4, 0.5) is 0 Å². The van der Waals surface area contributed by atoms with Gasteiger partial charge >= 0.3 is 0 Å². The van der Waals surface area contributed by atoms with E-state index in [2.05, 4.69) is 12.0 Å². The molecule has 3 nitrogen and oxygen atoms in total. The Bertz CT molecular complexity index is 348. The molecule has 0 aliphatic heterocycles. The molecule has 0 amide bonds. The van der Waals surface area contributed by atoms with Gasteiger partial charge < -0.3 is 9.75 Å². The highest BCUT2D eigenvalue weighted by atomic mass is 16.5. The molecule has 0 bridgehead atoms. The summed E-state index contributed by atoms with van der Waals surface area (Å²) in [5, 5.41) is 5.97. The number of nitrogens with zero attached hydrogens (tertiary/aromatic N) is 2. The monoisotopic (exact) mass is 234 g/mol. The summed E-state index contributed by atoms with van der Waals surface area (Å²) in [5.74, 6) is 0.920. The van der Waals surface area contributed by atoms with E-state index in [0.717, 1.165) is 24.3 Å². The van der Waals surface area contributed by atoms with Crippen LogP contribution in [-0.4, -0.2) is 31.9 Å². The molecule has 0 heterocycles. The topological polar surface area (TPSA) is 24.8 Å². The summed E-state index contributed by atoms with van der Waals surface area (Å²) >= 11 is 0. The van der Waals surface area contributed by atoms with Gasteiger partial charge in [0.05, 0.1) is 12.8 Å². The molecule has 0 fully saturated rings. The Kier molecular flexibility index (Phi) is 6.15. The third-order valence-corrected chi connectivity index (χ3v) is 2.31. The fourth-order valence-corrected chi connectivity index (χ4v) is 1.41. The van der Waals surface area contributed by atoms with Gasteiger partial charge in [-0.05, 0) is 24.1 Å². The van der Waals surface area contributed by atoms with Crippen LogP contribution in [0.2, 0.25) is 0 Å². The van der Waals surface area contributed by atoms with Crippen molar-refractivity contribution in [2.75, 3.05) is 20.7 Å². The van der Waals surface area contributed by atoms with E-state index in [4.69, 9.17) is 4.74 Å². The van der Waals surface area contributed by atoms with Gasteiger partial charge in [-0.2, -0.15) is 5.10 Å². The average Bonchev–Trinajstić information content (AvgIpc) is 2.33. The smallest absolute Gasteiger partial charge is 0.119 e. The fourth-order valence-electron chi connectivity index (χ4n) is 1.41. The molecule has 0 unspecified atom stereocenters. The van der Waals surface area contributed by atoms with Crippen molar-refractivity contribution in [1.82, 2.24) is 5.01 Å². The third-order valence-electron chi connectivity index (χ3n) is 2.31. The van der Waals surface area contributed by atoms with E-state index in [0.29, 0.717) is 0 Å². The summed E-state index contributed by atoms with van der Waals surface area (Å²) in [6.45, 7) is 2.99. The van der Waals surface area contributed by atoms with Crippen molar-refractivity contribution in [2.24, 2.45) is 5.10 Å². The zero-order valence-corrected chi connectivity index (χ0v) is 11.0. The van der Waals surface area contributed by atoms with Gasteiger partial charge in [-0.1, -0.05) is 31.9 Å². The van der Waals surface area contributed by atoms with E-state index in [1.54, 1.807) is 5.01 Å². The molecule has 0 aliphatic carbocycles. The first-order chi connectivity index (χ1) is 8.22. The van der Waals surface area contributed by atoms with Crippen LogP contribution in [-0.2, 0) is 0 Å². The molecule has 0 saturated carbocycles. The SMILES string of the molecule is CCCCCOc1cccc(/C=N/N(C)C)c1. The maximum Gasteiger partial charge on any atom is 0.119 e. The molecule has 1 rings (SSSR count). The van der Waals surface area contributed by atoms with Crippen LogP contribution >= 0.6 is 0 Å². The highest BCUT2D eigenvalue weighted by molar-refractivity contribution is 5.79. The van der Waals surface area contributed by atoms with Crippen LogP contribution in [0.5, 0.6) is 5.75 Å². The lowest BCUT2D eigenvalue weighted by Crippen LogP contribution is -2.02. The van der Waals surface area contributed by atoms with Crippen molar-refractivity contribution >= 4 is 6.21 Å². The van der Waals surface area contributed by atoms with Gasteiger partial charge in [0.25, 0.3) is 0 Å². The number of hydrazone groups is 1. The molecule has 1 aromatic carbocycles. The molecule has 1 aromatic rings. The molecule has 0 aromatic heterocycles. The lowest BCUT2D eigenvalue weighted by molar-refractivity contribution is 0.306. The summed E-state index contributed by atoms with van der Waals surface area (Å²) in [6, 6.07) is 8.01. The van der Waals surface area contributed by atoms with Gasteiger partial charge in [-0.3, -0.25) is 0 Å². The normalized spacial score (nSPS) is 10.8. The molecular weight excluding hydrogens is 212 g/mol. The van der Waals surface area contributed by atoms with Crippen molar-refractivity contribution in [1.29, 1.82) is 0 Å². The lowest BCUT2D eigenvalue weighted by Gasteiger charge is -2.06. The fraction of sp³-hybridized carbons (Fsp3) is 0.500. The van der Waals surface area contributed by atoms with E-state index in [9.17, 15) is 0 Å². The number of hydrogen-bond acceptors (Lipinski definition) is 3. The number of rotatable bonds is 7. The van der Waals surface area contributed by atoms with E-state index >= 15 is 0 Å². The number of benzene rings is 1. The van der Waals surface area contributed by atoms with E-state index in [-0.39, 0.29) is 0 Å². The second-order valence-corrected chi connectivity index (χ2v) is 4.22. The predicted octanol–water partition coefficient (Wildman–Crippen LogP) is 3.15. The molecular formula is C14H22N2O. The highest BCUT2D eigenvalue weighted by Gasteiger charge is 1.95. The minimum atomic E-state index is 0.794. The minimum absolute atomic E-state index is 0.794. The van der Waals surface area contributed by atoms with Gasteiger partial charge in [0.15, 0.2) is 0 Å². The first-order valence-corrected chi connectivity index (χ1v) is 6.16. The Labute approximate surface area is 104 Å². The number of ether oxygens (including phenoxy) is 1. The van der Waals surface area contributed by atoms with Crippen LogP contribution in [0.3, 0.4) is 0 Å². The summed E-state index contributed by atoms with van der Waals surface area (Å²) in [6.07, 6.45) is 5.39. The van der Waals surface area contributed by atoms with Crippen molar-refractivity contribution in [3.05, 3.63) is 29.8 Å². The second-order valence-electron chi connectivity index (χ2n) is 4.22. The number of unbranched alkanes of at least 4 members (excludes halogenated alkanes) is 2. The van der Waals surface area contributed by atoms with E-state index < -0.39 is 0 Å². The Morgan fingerprint density at radius 3 is 2.82 bits per heavy atom. The average molecular weight is 234 g/mol. The van der Waals surface area contributed by atoms with Gasteiger partial charge in [-0.25, -0.2) is 0 Å². The largest absolute Gasteiger partial charge is 0.494 e. The van der Waals surface area contributed by atoms with Gasteiger partial charge in [0.2, 0.25) is 0 Å². The summed E-state index contributed by atoms with van der Waals surface area (Å²) in [7, 11) is 3.81. The maximum atomic E-state index is 5.68. The van der Waals surface area contributed by atoms with Crippen molar-refractivity contribution in [2.45, 2.75) is 26.2 Å². The first-order valence-electron chi connectivity index (χ1n) is 6.16. The Morgan fingerprint density at radius 2 is 2.12 bits per heavy atom. The van der Waals surface area contributed by atoms with Gasteiger partial charge in [0, 0.05) is 14.1 Å². The minimum Gasteiger partial charge on any atom is -0.494 e. The highest BCUT2D eigenvalue weighted by Crippen LogP contribution is 2.12. The molecule has 17 heavy (non-hydrogen) atoms. The predicted molar refractivity (Wildman–Crippen MR) is 72.7 cm³/mol. The molecule has 0 atom stereocenters. The molecule has 0 N–H and O–H groups in total. The molecule has 0 spiro atoms. The zero-order valence-electron chi connectivity index (χ0n) is 11.0.